The van der Waals surface area contributed by atoms with Crippen LogP contribution in [-0.2, 0) is 20.9 Å². The first kappa shape index (κ1) is 25.4. The molecule has 7 nitrogen and oxygen atoms in total. The van der Waals surface area contributed by atoms with E-state index in [1.807, 2.05) is 35.0 Å². The number of rotatable bonds is 5. The molecule has 0 N–H and O–H groups in total. The zero-order valence-electron chi connectivity index (χ0n) is 18.9. The van der Waals surface area contributed by atoms with Crippen molar-refractivity contribution in [1.82, 2.24) is 14.4 Å². The summed E-state index contributed by atoms with van der Waals surface area (Å²) in [6, 6.07) is 11.3. The van der Waals surface area contributed by atoms with Crippen LogP contribution in [0.15, 0.2) is 52.0 Å². The number of morpholine rings is 1. The zero-order valence-corrected chi connectivity index (χ0v) is 22.8. The van der Waals surface area contributed by atoms with Gasteiger partial charge in [0.05, 0.1) is 18.1 Å². The average Bonchev–Trinajstić information content (AvgIpc) is 3.32. The second-order valence-corrected chi connectivity index (χ2v) is 11.1. The van der Waals surface area contributed by atoms with Gasteiger partial charge < -0.3 is 14.2 Å². The van der Waals surface area contributed by atoms with Gasteiger partial charge in [-0.15, -0.1) is 0 Å². The van der Waals surface area contributed by atoms with E-state index in [9.17, 15) is 14.4 Å². The maximum atomic E-state index is 13.1. The Labute approximate surface area is 230 Å². The molecule has 2 aliphatic heterocycles. The Morgan fingerprint density at radius 1 is 1.11 bits per heavy atom. The lowest BCUT2D eigenvalue weighted by molar-refractivity contribution is -0.139. The highest BCUT2D eigenvalue weighted by atomic mass is 79.9. The number of aromatic nitrogens is 1. The highest BCUT2D eigenvalue weighted by Crippen LogP contribution is 2.35. The summed E-state index contributed by atoms with van der Waals surface area (Å²) in [4.78, 5) is 41.2. The number of amides is 3. The second-order valence-electron chi connectivity index (χ2n) is 8.37. The fourth-order valence-electron chi connectivity index (χ4n) is 4.20. The van der Waals surface area contributed by atoms with E-state index in [2.05, 4.69) is 15.9 Å². The third kappa shape index (κ3) is 5.21. The Balaban J connectivity index is 1.43. The maximum Gasteiger partial charge on any atom is 0.294 e. The summed E-state index contributed by atoms with van der Waals surface area (Å²) in [6.45, 7) is 2.04. The Morgan fingerprint density at radius 2 is 1.89 bits per heavy atom. The van der Waals surface area contributed by atoms with Crippen LogP contribution in [0.5, 0.6) is 0 Å². The first-order chi connectivity index (χ1) is 17.3. The van der Waals surface area contributed by atoms with E-state index in [0.717, 1.165) is 43.2 Å². The van der Waals surface area contributed by atoms with Crippen LogP contribution in [0, 0.1) is 0 Å². The molecule has 3 amide bonds. The van der Waals surface area contributed by atoms with Gasteiger partial charge in [-0.2, -0.15) is 0 Å². The van der Waals surface area contributed by atoms with Crippen molar-refractivity contribution >= 4 is 84.9 Å². The van der Waals surface area contributed by atoms with Crippen LogP contribution < -0.4 is 0 Å². The fraction of sp³-hybridized carbons (Fsp3) is 0.240. The Hall–Kier alpha value is -2.30. The van der Waals surface area contributed by atoms with Gasteiger partial charge in [0.25, 0.3) is 11.1 Å². The lowest BCUT2D eigenvalue weighted by Gasteiger charge is -2.28. The van der Waals surface area contributed by atoms with E-state index in [1.165, 1.54) is 0 Å². The van der Waals surface area contributed by atoms with E-state index in [-0.39, 0.29) is 17.4 Å². The van der Waals surface area contributed by atoms with Crippen molar-refractivity contribution in [2.75, 3.05) is 32.8 Å². The highest BCUT2D eigenvalue weighted by Gasteiger charge is 2.37. The fourth-order valence-corrected chi connectivity index (χ4v) is 5.86. The van der Waals surface area contributed by atoms with E-state index in [4.69, 9.17) is 27.9 Å². The number of hydrogen-bond donors (Lipinski definition) is 0. The molecule has 0 saturated carbocycles. The van der Waals surface area contributed by atoms with Crippen LogP contribution >= 0.6 is 50.9 Å². The lowest BCUT2D eigenvalue weighted by atomic mass is 10.1. The van der Waals surface area contributed by atoms with Crippen molar-refractivity contribution in [3.8, 4) is 0 Å². The molecule has 2 aromatic carbocycles. The molecule has 0 radical (unpaired) electrons. The third-order valence-corrected chi connectivity index (χ3v) is 8.03. The summed E-state index contributed by atoms with van der Waals surface area (Å²) < 4.78 is 8.19. The number of fused-ring (bicyclic) bond motifs is 1. The number of benzene rings is 2. The Morgan fingerprint density at radius 3 is 2.64 bits per heavy atom. The van der Waals surface area contributed by atoms with Crippen molar-refractivity contribution in [3.63, 3.8) is 0 Å². The number of carbonyl (C=O) groups is 3. The van der Waals surface area contributed by atoms with Crippen molar-refractivity contribution in [2.45, 2.75) is 6.54 Å². The molecule has 3 aromatic rings. The van der Waals surface area contributed by atoms with Gasteiger partial charge in [0.15, 0.2) is 0 Å². The summed E-state index contributed by atoms with van der Waals surface area (Å²) >= 11 is 16.8. The molecular formula is C25H20BrCl2N3O4S. The topological polar surface area (TPSA) is 71.9 Å². The van der Waals surface area contributed by atoms with Crippen LogP contribution in [-0.4, -0.2) is 64.3 Å². The van der Waals surface area contributed by atoms with Crippen LogP contribution in [0.1, 0.15) is 11.1 Å². The standard InChI is InChI=1S/C25H20BrCl2N3O4S/c26-17-2-4-21-19(10-17)16(13-30(21)12-15-1-3-18(27)11-20(15)28)9-22-24(33)31(25(34)36-22)14-23(32)29-5-7-35-8-6-29/h1-4,9-11,13H,5-8,12,14H2/b22-9-. The van der Waals surface area contributed by atoms with Gasteiger partial charge >= 0.3 is 0 Å². The minimum atomic E-state index is -0.469. The van der Waals surface area contributed by atoms with E-state index >= 15 is 0 Å². The number of thioether (sulfide) groups is 1. The smallest absolute Gasteiger partial charge is 0.294 e. The van der Waals surface area contributed by atoms with Gasteiger partial charge in [-0.1, -0.05) is 45.2 Å². The van der Waals surface area contributed by atoms with Crippen molar-refractivity contribution in [3.05, 3.63) is 73.1 Å². The first-order valence-electron chi connectivity index (χ1n) is 11.1. The number of halogens is 3. The molecule has 2 fully saturated rings. The molecule has 1 aromatic heterocycles. The first-order valence-corrected chi connectivity index (χ1v) is 13.5. The summed E-state index contributed by atoms with van der Waals surface area (Å²) in [7, 11) is 0. The normalized spacial score (nSPS) is 17.6. The summed E-state index contributed by atoms with van der Waals surface area (Å²) in [6.07, 6.45) is 3.63. The number of hydrogen-bond acceptors (Lipinski definition) is 5. The number of carbonyl (C=O) groups excluding carboxylic acids is 3. The van der Waals surface area contributed by atoms with Crippen LogP contribution in [0.25, 0.3) is 17.0 Å². The molecule has 0 aliphatic carbocycles. The molecular weight excluding hydrogens is 589 g/mol. The molecule has 3 heterocycles. The Bertz CT molecular complexity index is 1420. The summed E-state index contributed by atoms with van der Waals surface area (Å²) in [5.41, 5.74) is 2.62. The van der Waals surface area contributed by atoms with E-state index in [1.54, 1.807) is 23.1 Å². The van der Waals surface area contributed by atoms with Crippen molar-refractivity contribution in [1.29, 1.82) is 0 Å². The van der Waals surface area contributed by atoms with E-state index in [0.29, 0.717) is 42.9 Å². The predicted molar refractivity (Wildman–Crippen MR) is 145 cm³/mol. The molecule has 0 atom stereocenters. The SMILES string of the molecule is O=C(CN1C(=O)S/C(=C\c2cn(Cc3ccc(Cl)cc3Cl)c3ccc(Br)cc23)C1=O)N1CCOCC1. The van der Waals surface area contributed by atoms with Gasteiger partial charge in [0, 0.05) is 56.8 Å². The maximum absolute atomic E-state index is 13.1. The molecule has 5 rings (SSSR count). The largest absolute Gasteiger partial charge is 0.378 e. The van der Waals surface area contributed by atoms with Gasteiger partial charge in [0.1, 0.15) is 6.54 Å². The number of ether oxygens (including phenoxy) is 1. The van der Waals surface area contributed by atoms with Gasteiger partial charge in [-0.05, 0) is 53.7 Å². The summed E-state index contributed by atoms with van der Waals surface area (Å²) in [5.74, 6) is -0.731. The van der Waals surface area contributed by atoms with Crippen molar-refractivity contribution in [2.24, 2.45) is 0 Å². The zero-order chi connectivity index (χ0) is 25.4. The second kappa shape index (κ2) is 10.6. The quantitative estimate of drug-likeness (QED) is 0.350. The Kier molecular flexibility index (Phi) is 7.46. The van der Waals surface area contributed by atoms with Gasteiger partial charge in [-0.3, -0.25) is 19.3 Å². The minimum absolute atomic E-state index is 0.262. The number of nitrogens with zero attached hydrogens (tertiary/aromatic N) is 3. The molecule has 11 heteroatoms. The monoisotopic (exact) mass is 607 g/mol. The van der Waals surface area contributed by atoms with Crippen LogP contribution in [0.3, 0.4) is 0 Å². The molecule has 0 unspecified atom stereocenters. The lowest BCUT2D eigenvalue weighted by Crippen LogP contribution is -2.46. The van der Waals surface area contributed by atoms with Gasteiger partial charge in [0.2, 0.25) is 5.91 Å². The van der Waals surface area contributed by atoms with Crippen LogP contribution in [0.4, 0.5) is 4.79 Å². The molecule has 36 heavy (non-hydrogen) atoms. The molecule has 186 valence electrons. The predicted octanol–water partition coefficient (Wildman–Crippen LogP) is 5.65. The minimum Gasteiger partial charge on any atom is -0.378 e. The number of imide groups is 1. The van der Waals surface area contributed by atoms with E-state index < -0.39 is 11.1 Å². The highest BCUT2D eigenvalue weighted by molar-refractivity contribution is 9.10. The molecule has 2 aliphatic rings. The summed E-state index contributed by atoms with van der Waals surface area (Å²) in [5, 5.41) is 1.58. The van der Waals surface area contributed by atoms with Gasteiger partial charge in [-0.25, -0.2) is 0 Å². The van der Waals surface area contributed by atoms with Crippen molar-refractivity contribution < 1.29 is 19.1 Å². The molecule has 0 bridgehead atoms. The third-order valence-electron chi connectivity index (χ3n) is 6.05. The molecule has 0 spiro atoms. The average molecular weight is 609 g/mol. The molecule has 2 saturated heterocycles. The van der Waals surface area contributed by atoms with Crippen LogP contribution in [0.2, 0.25) is 10.0 Å².